The third-order valence-electron chi connectivity index (χ3n) is 3.01. The summed E-state index contributed by atoms with van der Waals surface area (Å²) in [5.41, 5.74) is 2.04. The van der Waals surface area contributed by atoms with Gasteiger partial charge in [-0.25, -0.2) is 0 Å². The molecule has 0 atom stereocenters. The van der Waals surface area contributed by atoms with Crippen LogP contribution < -0.4 is 14.8 Å². The van der Waals surface area contributed by atoms with Gasteiger partial charge in [-0.05, 0) is 66.3 Å². The molecule has 118 valence electrons. The molecule has 2 rings (SSSR count). The van der Waals surface area contributed by atoms with Gasteiger partial charge in [-0.2, -0.15) is 0 Å². The van der Waals surface area contributed by atoms with Crippen molar-refractivity contribution in [2.24, 2.45) is 0 Å². The molecule has 0 bridgehead atoms. The predicted octanol–water partition coefficient (Wildman–Crippen LogP) is 5.35. The summed E-state index contributed by atoms with van der Waals surface area (Å²) >= 11 is 8.44. The maximum atomic E-state index is 6.16. The highest BCUT2D eigenvalue weighted by atomic mass is 127. The molecule has 0 heterocycles. The highest BCUT2D eigenvalue weighted by Crippen LogP contribution is 2.34. The quantitative estimate of drug-likeness (QED) is 0.599. The Morgan fingerprint density at radius 3 is 2.50 bits per heavy atom. The van der Waals surface area contributed by atoms with Crippen LogP contribution in [0.15, 0.2) is 36.4 Å². The van der Waals surface area contributed by atoms with E-state index in [4.69, 9.17) is 21.1 Å². The maximum absolute atomic E-state index is 6.16. The van der Waals surface area contributed by atoms with Gasteiger partial charge >= 0.3 is 0 Å². The van der Waals surface area contributed by atoms with Crippen LogP contribution in [0.3, 0.4) is 0 Å². The summed E-state index contributed by atoms with van der Waals surface area (Å²) in [5, 5.41) is 4.06. The lowest BCUT2D eigenvalue weighted by molar-refractivity contribution is 0.286. The number of rotatable bonds is 7. The molecule has 22 heavy (non-hydrogen) atoms. The summed E-state index contributed by atoms with van der Waals surface area (Å²) < 4.78 is 12.4. The zero-order chi connectivity index (χ0) is 15.9. The molecule has 3 nitrogen and oxygen atoms in total. The highest BCUT2D eigenvalue weighted by Gasteiger charge is 2.12. The van der Waals surface area contributed by atoms with Gasteiger partial charge in [-0.3, -0.25) is 0 Å². The number of anilines is 1. The van der Waals surface area contributed by atoms with Gasteiger partial charge in [0.2, 0.25) is 0 Å². The fourth-order valence-electron chi connectivity index (χ4n) is 2.07. The molecule has 0 amide bonds. The van der Waals surface area contributed by atoms with E-state index in [1.165, 1.54) is 0 Å². The van der Waals surface area contributed by atoms with Gasteiger partial charge in [0.1, 0.15) is 0 Å². The molecule has 0 unspecified atom stereocenters. The van der Waals surface area contributed by atoms with Gasteiger partial charge in [-0.1, -0.05) is 23.7 Å². The van der Waals surface area contributed by atoms with Crippen molar-refractivity contribution in [3.63, 3.8) is 0 Å². The molecular weight excluding hydrogens is 413 g/mol. The van der Waals surface area contributed by atoms with E-state index >= 15 is 0 Å². The number of halogens is 2. The van der Waals surface area contributed by atoms with Crippen molar-refractivity contribution in [1.29, 1.82) is 0 Å². The lowest BCUT2D eigenvalue weighted by atomic mass is 10.2. The molecule has 0 aliphatic carbocycles. The second-order valence-electron chi connectivity index (χ2n) is 4.60. The van der Waals surface area contributed by atoms with E-state index in [9.17, 15) is 0 Å². The Balaban J connectivity index is 2.19. The van der Waals surface area contributed by atoms with Crippen molar-refractivity contribution in [2.75, 3.05) is 18.5 Å². The summed E-state index contributed by atoms with van der Waals surface area (Å²) in [6, 6.07) is 11.8. The van der Waals surface area contributed by atoms with Crippen molar-refractivity contribution in [1.82, 2.24) is 0 Å². The Morgan fingerprint density at radius 1 is 1.09 bits per heavy atom. The van der Waals surface area contributed by atoms with Crippen LogP contribution in [0.4, 0.5) is 5.69 Å². The summed E-state index contributed by atoms with van der Waals surface area (Å²) in [4.78, 5) is 0. The molecule has 2 aromatic carbocycles. The minimum atomic E-state index is 0.609. The third-order valence-corrected chi connectivity index (χ3v) is 4.15. The van der Waals surface area contributed by atoms with Crippen LogP contribution in [-0.2, 0) is 6.54 Å². The maximum Gasteiger partial charge on any atom is 0.174 e. The standard InChI is InChI=1S/C17H19ClINO2/c1-3-21-16-10-12(9-14(19)17(16)22-4-2)11-20-15-8-6-5-7-13(15)18/h5-10,20H,3-4,11H2,1-2H3. The molecule has 0 fully saturated rings. The molecule has 1 N–H and O–H groups in total. The zero-order valence-corrected chi connectivity index (χ0v) is 15.6. The van der Waals surface area contributed by atoms with Gasteiger partial charge in [0.25, 0.3) is 0 Å². The number of hydrogen-bond acceptors (Lipinski definition) is 3. The molecule has 0 aliphatic rings. The molecule has 0 radical (unpaired) electrons. The first-order chi connectivity index (χ1) is 10.7. The van der Waals surface area contributed by atoms with Crippen molar-refractivity contribution in [3.8, 4) is 11.5 Å². The highest BCUT2D eigenvalue weighted by molar-refractivity contribution is 14.1. The van der Waals surface area contributed by atoms with Gasteiger partial charge < -0.3 is 14.8 Å². The van der Waals surface area contributed by atoms with Gasteiger partial charge in [-0.15, -0.1) is 0 Å². The van der Waals surface area contributed by atoms with E-state index < -0.39 is 0 Å². The minimum absolute atomic E-state index is 0.609. The SMILES string of the molecule is CCOc1cc(CNc2ccccc2Cl)cc(I)c1OCC. The predicted molar refractivity (Wildman–Crippen MR) is 100 cm³/mol. The fourth-order valence-corrected chi connectivity index (χ4v) is 3.10. The smallest absolute Gasteiger partial charge is 0.174 e. The van der Waals surface area contributed by atoms with Crippen LogP contribution in [0.1, 0.15) is 19.4 Å². The monoisotopic (exact) mass is 431 g/mol. The number of benzene rings is 2. The normalized spacial score (nSPS) is 10.4. The first-order valence-electron chi connectivity index (χ1n) is 7.22. The van der Waals surface area contributed by atoms with Crippen molar-refractivity contribution >= 4 is 39.9 Å². The van der Waals surface area contributed by atoms with E-state index in [0.29, 0.717) is 24.8 Å². The number of ether oxygens (including phenoxy) is 2. The zero-order valence-electron chi connectivity index (χ0n) is 12.7. The minimum Gasteiger partial charge on any atom is -0.490 e. The van der Waals surface area contributed by atoms with Crippen LogP contribution in [-0.4, -0.2) is 13.2 Å². The Morgan fingerprint density at radius 2 is 1.82 bits per heavy atom. The van der Waals surface area contributed by atoms with Crippen LogP contribution in [0, 0.1) is 3.57 Å². The molecular formula is C17H19ClINO2. The van der Waals surface area contributed by atoms with Gasteiger partial charge in [0, 0.05) is 6.54 Å². The Labute approximate surface area is 150 Å². The van der Waals surface area contributed by atoms with Crippen LogP contribution in [0.25, 0.3) is 0 Å². The molecule has 5 heteroatoms. The number of hydrogen-bond donors (Lipinski definition) is 1. The summed E-state index contributed by atoms with van der Waals surface area (Å²) in [6.07, 6.45) is 0. The second-order valence-corrected chi connectivity index (χ2v) is 6.17. The van der Waals surface area contributed by atoms with E-state index in [0.717, 1.165) is 26.3 Å². The summed E-state index contributed by atoms with van der Waals surface area (Å²) in [6.45, 7) is 5.84. The lowest BCUT2D eigenvalue weighted by Crippen LogP contribution is -2.04. The second kappa shape index (κ2) is 8.48. The van der Waals surface area contributed by atoms with Crippen LogP contribution >= 0.6 is 34.2 Å². The summed E-state index contributed by atoms with van der Waals surface area (Å²) in [7, 11) is 0. The van der Waals surface area contributed by atoms with E-state index in [1.807, 2.05) is 44.2 Å². The number of para-hydroxylation sites is 1. The third kappa shape index (κ3) is 4.43. The van der Waals surface area contributed by atoms with Crippen molar-refractivity contribution in [3.05, 3.63) is 50.6 Å². The average Bonchev–Trinajstić information content (AvgIpc) is 2.50. The van der Waals surface area contributed by atoms with Gasteiger partial charge in [0.05, 0.1) is 27.5 Å². The van der Waals surface area contributed by atoms with Gasteiger partial charge in [0.15, 0.2) is 11.5 Å². The summed E-state index contributed by atoms with van der Waals surface area (Å²) in [5.74, 6) is 1.60. The molecule has 0 aliphatic heterocycles. The van der Waals surface area contributed by atoms with E-state index in [2.05, 4.69) is 34.0 Å². The molecule has 0 spiro atoms. The van der Waals surface area contributed by atoms with E-state index in [1.54, 1.807) is 0 Å². The van der Waals surface area contributed by atoms with Crippen molar-refractivity contribution in [2.45, 2.75) is 20.4 Å². The molecule has 2 aromatic rings. The largest absolute Gasteiger partial charge is 0.490 e. The topological polar surface area (TPSA) is 30.5 Å². The van der Waals surface area contributed by atoms with E-state index in [-0.39, 0.29) is 0 Å². The first-order valence-corrected chi connectivity index (χ1v) is 8.67. The number of nitrogens with one attached hydrogen (secondary N) is 1. The average molecular weight is 432 g/mol. The van der Waals surface area contributed by atoms with Crippen LogP contribution in [0.2, 0.25) is 5.02 Å². The lowest BCUT2D eigenvalue weighted by Gasteiger charge is -2.15. The van der Waals surface area contributed by atoms with Crippen LogP contribution in [0.5, 0.6) is 11.5 Å². The first kappa shape index (κ1) is 17.2. The Kier molecular flexibility index (Phi) is 6.64. The van der Waals surface area contributed by atoms with Crippen molar-refractivity contribution < 1.29 is 9.47 Å². The molecule has 0 saturated carbocycles. The molecule has 0 aromatic heterocycles. The fraction of sp³-hybridized carbons (Fsp3) is 0.294. The molecule has 0 saturated heterocycles. The Hall–Kier alpha value is -1.14. The Bertz CT molecular complexity index is 634.